The van der Waals surface area contributed by atoms with E-state index < -0.39 is 5.91 Å². The van der Waals surface area contributed by atoms with Gasteiger partial charge in [0.05, 0.1) is 5.75 Å². The maximum absolute atomic E-state index is 13.1. The number of ether oxygens (including phenoxy) is 2. The van der Waals surface area contributed by atoms with Crippen LogP contribution in [-0.2, 0) is 9.59 Å². The molecule has 4 aromatic rings. The van der Waals surface area contributed by atoms with Gasteiger partial charge in [-0.15, -0.1) is 11.8 Å². The Morgan fingerprint density at radius 2 is 1.60 bits per heavy atom. The molecule has 0 saturated heterocycles. The topological polar surface area (TPSA) is 106 Å². The molecule has 1 aliphatic heterocycles. The van der Waals surface area contributed by atoms with E-state index in [0.717, 1.165) is 10.5 Å². The van der Waals surface area contributed by atoms with Crippen LogP contribution < -0.4 is 25.4 Å². The van der Waals surface area contributed by atoms with Gasteiger partial charge in [-0.05, 0) is 77.0 Å². The van der Waals surface area contributed by atoms with E-state index in [2.05, 4.69) is 16.0 Å². The van der Waals surface area contributed by atoms with Crippen molar-refractivity contribution in [3.05, 3.63) is 106 Å². The number of thiophene rings is 1. The predicted octanol–water partition coefficient (Wildman–Crippen LogP) is 5.66. The number of fused-ring (bicyclic) bond motifs is 1. The van der Waals surface area contributed by atoms with Crippen molar-refractivity contribution in [2.24, 2.45) is 0 Å². The van der Waals surface area contributed by atoms with Crippen molar-refractivity contribution < 1.29 is 23.9 Å². The second-order valence-electron chi connectivity index (χ2n) is 8.61. The summed E-state index contributed by atoms with van der Waals surface area (Å²) in [5.74, 6) is 0.504. The molecule has 5 rings (SSSR count). The Morgan fingerprint density at radius 3 is 2.35 bits per heavy atom. The summed E-state index contributed by atoms with van der Waals surface area (Å²) in [4.78, 5) is 39.1. The highest BCUT2D eigenvalue weighted by atomic mass is 32.2. The van der Waals surface area contributed by atoms with Gasteiger partial charge in [0, 0.05) is 27.9 Å². The van der Waals surface area contributed by atoms with Crippen LogP contribution in [0.4, 0.5) is 11.4 Å². The third-order valence-corrected chi connectivity index (χ3v) is 7.40. The van der Waals surface area contributed by atoms with Gasteiger partial charge in [-0.1, -0.05) is 18.2 Å². The number of thioether (sulfide) groups is 1. The first-order valence-electron chi connectivity index (χ1n) is 12.4. The molecule has 1 aromatic heterocycles. The third kappa shape index (κ3) is 7.31. The molecule has 0 atom stereocenters. The summed E-state index contributed by atoms with van der Waals surface area (Å²) >= 11 is 2.87. The number of hydrogen-bond donors (Lipinski definition) is 3. The Bertz CT molecular complexity index is 1520. The summed E-state index contributed by atoms with van der Waals surface area (Å²) in [6, 6.07) is 23.0. The molecule has 3 N–H and O–H groups in total. The van der Waals surface area contributed by atoms with E-state index in [4.69, 9.17) is 9.47 Å². The maximum Gasteiger partial charge on any atom is 0.272 e. The molecule has 0 bridgehead atoms. The van der Waals surface area contributed by atoms with E-state index in [9.17, 15) is 14.4 Å². The Morgan fingerprint density at radius 1 is 0.850 bits per heavy atom. The van der Waals surface area contributed by atoms with Crippen LogP contribution in [0.15, 0.2) is 100 Å². The fourth-order valence-corrected chi connectivity index (χ4v) is 5.08. The van der Waals surface area contributed by atoms with Crippen LogP contribution in [0.2, 0.25) is 0 Å². The fourth-order valence-electron chi connectivity index (χ4n) is 3.77. The van der Waals surface area contributed by atoms with Gasteiger partial charge in [0.2, 0.25) is 5.91 Å². The summed E-state index contributed by atoms with van der Waals surface area (Å²) in [5.41, 5.74) is 2.58. The number of rotatable bonds is 9. The zero-order valence-electron chi connectivity index (χ0n) is 21.2. The molecule has 0 saturated carbocycles. The monoisotopic (exact) mass is 571 g/mol. The van der Waals surface area contributed by atoms with Crippen LogP contribution >= 0.6 is 23.1 Å². The lowest BCUT2D eigenvalue weighted by Gasteiger charge is -2.19. The molecular formula is C30H25N3O5S2. The van der Waals surface area contributed by atoms with E-state index in [1.807, 2.05) is 35.0 Å². The van der Waals surface area contributed by atoms with Crippen molar-refractivity contribution in [2.45, 2.75) is 4.90 Å². The van der Waals surface area contributed by atoms with Crippen LogP contribution in [0.3, 0.4) is 0 Å². The molecule has 202 valence electrons. The quantitative estimate of drug-likeness (QED) is 0.177. The van der Waals surface area contributed by atoms with Gasteiger partial charge in [-0.2, -0.15) is 11.3 Å². The summed E-state index contributed by atoms with van der Waals surface area (Å²) in [6.45, 7) is 0.987. The average Bonchev–Trinajstić information content (AvgIpc) is 3.50. The van der Waals surface area contributed by atoms with Crippen molar-refractivity contribution in [3.8, 4) is 11.5 Å². The molecule has 1 aliphatic rings. The number of hydrogen-bond acceptors (Lipinski definition) is 7. The molecule has 0 unspecified atom stereocenters. The van der Waals surface area contributed by atoms with Crippen molar-refractivity contribution in [3.63, 3.8) is 0 Å². The number of nitrogens with one attached hydrogen (secondary N) is 3. The van der Waals surface area contributed by atoms with Gasteiger partial charge in [0.1, 0.15) is 18.9 Å². The van der Waals surface area contributed by atoms with Crippen LogP contribution in [-0.4, -0.2) is 36.7 Å². The Hall–Kier alpha value is -4.54. The van der Waals surface area contributed by atoms with E-state index in [1.54, 1.807) is 60.7 Å². The highest BCUT2D eigenvalue weighted by Gasteiger charge is 2.16. The van der Waals surface area contributed by atoms with Crippen molar-refractivity contribution in [1.29, 1.82) is 0 Å². The highest BCUT2D eigenvalue weighted by molar-refractivity contribution is 8.00. The van der Waals surface area contributed by atoms with Crippen LogP contribution in [0, 0.1) is 0 Å². The maximum atomic E-state index is 13.1. The molecule has 0 fully saturated rings. The second-order valence-corrected chi connectivity index (χ2v) is 10.4. The molecular weight excluding hydrogens is 546 g/mol. The smallest absolute Gasteiger partial charge is 0.272 e. The lowest BCUT2D eigenvalue weighted by molar-refractivity contribution is -0.114. The van der Waals surface area contributed by atoms with Crippen LogP contribution in [0.5, 0.6) is 11.5 Å². The molecule has 10 heteroatoms. The van der Waals surface area contributed by atoms with E-state index in [-0.39, 0.29) is 23.3 Å². The number of anilines is 2. The molecule has 2 heterocycles. The van der Waals surface area contributed by atoms with E-state index in [0.29, 0.717) is 41.7 Å². The molecule has 8 nitrogen and oxygen atoms in total. The lowest BCUT2D eigenvalue weighted by Crippen LogP contribution is -2.30. The standard InChI is InChI=1S/C30H25N3O5S2/c34-28(31-23-8-11-26-27(17-23)38-14-13-37-26)19-40-24-9-6-22(7-10-24)32-30(36)25(16-20-12-15-39-18-20)33-29(35)21-4-2-1-3-5-21/h1-12,15-18H,13-14,19H2,(H,31,34)(H,32,36)(H,33,35)/b25-16-. The van der Waals surface area contributed by atoms with Crippen molar-refractivity contribution >= 4 is 58.3 Å². The molecule has 40 heavy (non-hydrogen) atoms. The zero-order valence-corrected chi connectivity index (χ0v) is 22.8. The van der Waals surface area contributed by atoms with Gasteiger partial charge in [-0.25, -0.2) is 0 Å². The number of amides is 3. The fraction of sp³-hybridized carbons (Fsp3) is 0.100. The summed E-state index contributed by atoms with van der Waals surface area (Å²) in [7, 11) is 0. The largest absolute Gasteiger partial charge is 0.486 e. The Kier molecular flexibility index (Phi) is 8.79. The molecule has 0 aliphatic carbocycles. The van der Waals surface area contributed by atoms with Gasteiger partial charge in [0.25, 0.3) is 11.8 Å². The SMILES string of the molecule is O=C(CSc1ccc(NC(=O)/C(=C/c2ccsc2)NC(=O)c2ccccc2)cc1)Nc1ccc2c(c1)OCCO2. The average molecular weight is 572 g/mol. The summed E-state index contributed by atoms with van der Waals surface area (Å²) in [5, 5.41) is 12.2. The van der Waals surface area contributed by atoms with Crippen molar-refractivity contribution in [1.82, 2.24) is 5.32 Å². The van der Waals surface area contributed by atoms with E-state index in [1.165, 1.54) is 23.1 Å². The first kappa shape index (κ1) is 27.0. The molecule has 0 radical (unpaired) electrons. The minimum atomic E-state index is -0.449. The number of benzene rings is 3. The highest BCUT2D eigenvalue weighted by Crippen LogP contribution is 2.32. The lowest BCUT2D eigenvalue weighted by atomic mass is 10.2. The first-order valence-corrected chi connectivity index (χ1v) is 14.3. The summed E-state index contributed by atoms with van der Waals surface area (Å²) < 4.78 is 11.1. The minimum absolute atomic E-state index is 0.126. The third-order valence-electron chi connectivity index (χ3n) is 5.69. The van der Waals surface area contributed by atoms with Gasteiger partial charge < -0.3 is 25.4 Å². The van der Waals surface area contributed by atoms with Crippen molar-refractivity contribution in [2.75, 3.05) is 29.6 Å². The van der Waals surface area contributed by atoms with Crippen LogP contribution in [0.25, 0.3) is 6.08 Å². The predicted molar refractivity (Wildman–Crippen MR) is 158 cm³/mol. The normalized spacial score (nSPS) is 12.3. The molecule has 3 amide bonds. The minimum Gasteiger partial charge on any atom is -0.486 e. The zero-order chi connectivity index (χ0) is 27.7. The Balaban J connectivity index is 1.17. The Labute approximate surface area is 239 Å². The summed E-state index contributed by atoms with van der Waals surface area (Å²) in [6.07, 6.45) is 1.64. The second kappa shape index (κ2) is 13.0. The molecule has 0 spiro atoms. The number of carbonyl (C=O) groups excluding carboxylic acids is 3. The first-order chi connectivity index (χ1) is 19.5. The van der Waals surface area contributed by atoms with Gasteiger partial charge in [0.15, 0.2) is 11.5 Å². The molecule has 3 aromatic carbocycles. The number of carbonyl (C=O) groups is 3. The van der Waals surface area contributed by atoms with Crippen LogP contribution in [0.1, 0.15) is 15.9 Å². The van der Waals surface area contributed by atoms with Gasteiger partial charge >= 0.3 is 0 Å². The van der Waals surface area contributed by atoms with E-state index >= 15 is 0 Å². The van der Waals surface area contributed by atoms with Gasteiger partial charge in [-0.3, -0.25) is 14.4 Å².